The van der Waals surface area contributed by atoms with Crippen molar-refractivity contribution in [1.82, 2.24) is 19.7 Å². The molecule has 1 aliphatic rings. The first kappa shape index (κ1) is 20.3. The summed E-state index contributed by atoms with van der Waals surface area (Å²) in [7, 11) is 1.77. The second-order valence-electron chi connectivity index (χ2n) is 7.52. The largest absolute Gasteiger partial charge is 0.487 e. The molecule has 0 bridgehead atoms. The smallest absolute Gasteiger partial charge is 0.309 e. The first-order valence-electron chi connectivity index (χ1n) is 9.72. The van der Waals surface area contributed by atoms with Crippen LogP contribution >= 0.6 is 0 Å². The van der Waals surface area contributed by atoms with E-state index in [1.54, 1.807) is 24.1 Å². The summed E-state index contributed by atoms with van der Waals surface area (Å²) in [5, 5.41) is 13.7. The van der Waals surface area contributed by atoms with Crippen molar-refractivity contribution in [3.05, 3.63) is 23.8 Å². The topological polar surface area (TPSA) is 99.4 Å². The molecule has 0 saturated heterocycles. The van der Waals surface area contributed by atoms with Crippen LogP contribution in [0.4, 0.5) is 0 Å². The molecule has 2 atom stereocenters. The van der Waals surface area contributed by atoms with Gasteiger partial charge in [0, 0.05) is 7.05 Å². The van der Waals surface area contributed by atoms with Crippen LogP contribution in [0.2, 0.25) is 0 Å². The molecule has 0 aromatic carbocycles. The van der Waals surface area contributed by atoms with Crippen LogP contribution in [0.3, 0.4) is 0 Å². The highest BCUT2D eigenvalue weighted by Crippen LogP contribution is 2.30. The van der Waals surface area contributed by atoms with Gasteiger partial charge in [-0.2, -0.15) is 5.10 Å². The molecule has 28 heavy (non-hydrogen) atoms. The van der Waals surface area contributed by atoms with Gasteiger partial charge in [-0.25, -0.2) is 9.97 Å². The normalized spacial score (nSPS) is 19.6. The van der Waals surface area contributed by atoms with E-state index in [0.717, 1.165) is 19.3 Å². The minimum Gasteiger partial charge on any atom is -0.487 e. The Morgan fingerprint density at radius 2 is 2.14 bits per heavy atom. The molecule has 2 heterocycles. The molecule has 2 aromatic rings. The third-order valence-corrected chi connectivity index (χ3v) is 4.99. The number of hydrogen-bond donors (Lipinski definition) is 1. The number of aliphatic hydroxyl groups is 1. The van der Waals surface area contributed by atoms with E-state index in [1.807, 2.05) is 20.8 Å². The SMILES string of the molecule is Cc1nc(-c2cnn(C)c2CO)ncc1O[C@H]1CCC[C@H](C(=O)OC(C)C)C1. The van der Waals surface area contributed by atoms with Crippen LogP contribution in [-0.2, 0) is 23.2 Å². The number of esters is 1. The van der Waals surface area contributed by atoms with Crippen LogP contribution in [0.1, 0.15) is 50.9 Å². The number of hydrogen-bond acceptors (Lipinski definition) is 7. The molecule has 1 fully saturated rings. The zero-order valence-electron chi connectivity index (χ0n) is 16.9. The van der Waals surface area contributed by atoms with Crippen LogP contribution < -0.4 is 4.74 Å². The Labute approximate surface area is 164 Å². The fourth-order valence-electron chi connectivity index (χ4n) is 3.51. The van der Waals surface area contributed by atoms with Crippen molar-refractivity contribution < 1.29 is 19.4 Å². The zero-order chi connectivity index (χ0) is 20.3. The van der Waals surface area contributed by atoms with E-state index in [9.17, 15) is 9.90 Å². The Kier molecular flexibility index (Phi) is 6.28. The standard InChI is InChI=1S/C20H28N4O4/c1-12(2)27-20(26)14-6-5-7-15(8-14)28-18-10-21-19(23-13(18)3)16-9-22-24(4)17(16)11-25/h9-10,12,14-15,25H,5-8,11H2,1-4H3/t14-,15-/m0/s1. The molecule has 0 aliphatic heterocycles. The van der Waals surface area contributed by atoms with Crippen LogP contribution in [0, 0.1) is 12.8 Å². The number of aliphatic hydroxyl groups excluding tert-OH is 1. The second kappa shape index (κ2) is 8.68. The molecule has 152 valence electrons. The van der Waals surface area contributed by atoms with Gasteiger partial charge in [0.05, 0.1) is 54.1 Å². The summed E-state index contributed by atoms with van der Waals surface area (Å²) in [5.74, 6) is 0.856. The van der Waals surface area contributed by atoms with E-state index < -0.39 is 0 Å². The van der Waals surface area contributed by atoms with Crippen molar-refractivity contribution in [3.8, 4) is 17.1 Å². The number of carbonyl (C=O) groups excluding carboxylic acids is 1. The fraction of sp³-hybridized carbons (Fsp3) is 0.600. The van der Waals surface area contributed by atoms with Gasteiger partial charge in [-0.3, -0.25) is 9.48 Å². The first-order chi connectivity index (χ1) is 13.4. The maximum Gasteiger partial charge on any atom is 0.309 e. The van der Waals surface area contributed by atoms with E-state index in [2.05, 4.69) is 15.1 Å². The molecule has 0 spiro atoms. The Morgan fingerprint density at radius 1 is 1.36 bits per heavy atom. The van der Waals surface area contributed by atoms with E-state index in [0.29, 0.717) is 34.9 Å². The van der Waals surface area contributed by atoms with Gasteiger partial charge in [-0.05, 0) is 46.5 Å². The van der Waals surface area contributed by atoms with Crippen molar-refractivity contribution in [2.24, 2.45) is 13.0 Å². The van der Waals surface area contributed by atoms with E-state index in [4.69, 9.17) is 9.47 Å². The fourth-order valence-corrected chi connectivity index (χ4v) is 3.51. The molecular weight excluding hydrogens is 360 g/mol. The Hall–Kier alpha value is -2.48. The summed E-state index contributed by atoms with van der Waals surface area (Å²) in [6, 6.07) is 0. The zero-order valence-corrected chi connectivity index (χ0v) is 16.9. The lowest BCUT2D eigenvalue weighted by atomic mass is 9.87. The van der Waals surface area contributed by atoms with Crippen LogP contribution in [-0.4, -0.2) is 43.0 Å². The number of aromatic nitrogens is 4. The molecule has 8 heteroatoms. The number of nitrogens with zero attached hydrogens (tertiary/aromatic N) is 4. The summed E-state index contributed by atoms with van der Waals surface area (Å²) < 4.78 is 13.1. The van der Waals surface area contributed by atoms with E-state index in [1.165, 1.54) is 0 Å². The Balaban J connectivity index is 1.70. The van der Waals surface area contributed by atoms with Crippen molar-refractivity contribution in [2.75, 3.05) is 0 Å². The minimum atomic E-state index is -0.139. The van der Waals surface area contributed by atoms with Crippen LogP contribution in [0.15, 0.2) is 12.4 Å². The summed E-state index contributed by atoms with van der Waals surface area (Å²) in [6.45, 7) is 5.45. The predicted molar refractivity (Wildman–Crippen MR) is 102 cm³/mol. The van der Waals surface area contributed by atoms with Crippen molar-refractivity contribution in [2.45, 2.75) is 65.3 Å². The average molecular weight is 388 g/mol. The van der Waals surface area contributed by atoms with Gasteiger partial charge in [0.1, 0.15) is 0 Å². The summed E-state index contributed by atoms with van der Waals surface area (Å²) in [4.78, 5) is 21.1. The predicted octanol–water partition coefficient (Wildman–Crippen LogP) is 2.57. The highest BCUT2D eigenvalue weighted by molar-refractivity contribution is 5.72. The van der Waals surface area contributed by atoms with Gasteiger partial charge >= 0.3 is 5.97 Å². The maximum absolute atomic E-state index is 12.2. The third kappa shape index (κ3) is 4.49. The van der Waals surface area contributed by atoms with Crippen molar-refractivity contribution in [3.63, 3.8) is 0 Å². The summed E-state index contributed by atoms with van der Waals surface area (Å²) in [5.41, 5.74) is 2.07. The number of ether oxygens (including phenoxy) is 2. The molecule has 1 saturated carbocycles. The molecule has 2 aromatic heterocycles. The summed E-state index contributed by atoms with van der Waals surface area (Å²) in [6.07, 6.45) is 6.44. The molecule has 3 rings (SSSR count). The van der Waals surface area contributed by atoms with Gasteiger partial charge in [0.25, 0.3) is 0 Å². The highest BCUT2D eigenvalue weighted by atomic mass is 16.5. The van der Waals surface area contributed by atoms with Gasteiger partial charge in [0.2, 0.25) is 0 Å². The minimum absolute atomic E-state index is 0.0574. The van der Waals surface area contributed by atoms with Crippen molar-refractivity contribution >= 4 is 5.97 Å². The Morgan fingerprint density at radius 3 is 2.82 bits per heavy atom. The number of carbonyl (C=O) groups is 1. The molecule has 1 aliphatic carbocycles. The van der Waals surface area contributed by atoms with Gasteiger partial charge in [-0.1, -0.05) is 0 Å². The molecule has 0 amide bonds. The third-order valence-electron chi connectivity index (χ3n) is 4.99. The lowest BCUT2D eigenvalue weighted by Crippen LogP contribution is -2.32. The van der Waals surface area contributed by atoms with Crippen LogP contribution in [0.5, 0.6) is 5.75 Å². The lowest BCUT2D eigenvalue weighted by molar-refractivity contribution is -0.154. The lowest BCUT2D eigenvalue weighted by Gasteiger charge is -2.29. The highest BCUT2D eigenvalue weighted by Gasteiger charge is 2.30. The van der Waals surface area contributed by atoms with Gasteiger partial charge in [0.15, 0.2) is 11.6 Å². The average Bonchev–Trinajstić information content (AvgIpc) is 3.03. The van der Waals surface area contributed by atoms with E-state index >= 15 is 0 Å². The van der Waals surface area contributed by atoms with Crippen molar-refractivity contribution in [1.29, 1.82) is 0 Å². The maximum atomic E-state index is 12.2. The molecule has 0 radical (unpaired) electrons. The summed E-state index contributed by atoms with van der Waals surface area (Å²) >= 11 is 0. The monoisotopic (exact) mass is 388 g/mol. The van der Waals surface area contributed by atoms with Gasteiger partial charge < -0.3 is 14.6 Å². The van der Waals surface area contributed by atoms with Crippen LogP contribution in [0.25, 0.3) is 11.4 Å². The molecular formula is C20H28N4O4. The number of rotatable bonds is 6. The second-order valence-corrected chi connectivity index (χ2v) is 7.52. The number of aryl methyl sites for hydroxylation is 2. The first-order valence-corrected chi connectivity index (χ1v) is 9.72. The molecule has 8 nitrogen and oxygen atoms in total. The Bertz CT molecular complexity index is 834. The molecule has 0 unspecified atom stereocenters. The molecule has 1 N–H and O–H groups in total. The quantitative estimate of drug-likeness (QED) is 0.759. The van der Waals surface area contributed by atoms with E-state index in [-0.39, 0.29) is 30.7 Å². The van der Waals surface area contributed by atoms with Gasteiger partial charge in [-0.15, -0.1) is 0 Å².